The van der Waals surface area contributed by atoms with Gasteiger partial charge in [-0.2, -0.15) is 0 Å². The van der Waals surface area contributed by atoms with Gasteiger partial charge in [0.1, 0.15) is 30.5 Å². The van der Waals surface area contributed by atoms with E-state index in [1.807, 2.05) is 19.1 Å². The molecular weight excluding hydrogens is 338 g/mol. The van der Waals surface area contributed by atoms with Crippen LogP contribution in [0.1, 0.15) is 32.8 Å². The summed E-state index contributed by atoms with van der Waals surface area (Å²) in [7, 11) is 0. The van der Waals surface area contributed by atoms with Crippen molar-refractivity contribution in [1.29, 1.82) is 0 Å². The van der Waals surface area contributed by atoms with E-state index in [0.717, 1.165) is 23.1 Å². The zero-order chi connectivity index (χ0) is 18.2. The third-order valence-electron chi connectivity index (χ3n) is 4.19. The van der Waals surface area contributed by atoms with Crippen LogP contribution in [0.4, 0.5) is 5.82 Å². The highest BCUT2D eigenvalue weighted by atomic mass is 35.5. The first-order valence-electron chi connectivity index (χ1n) is 8.38. The Hall–Kier alpha value is -1.98. The maximum atomic E-state index is 6.57. The van der Waals surface area contributed by atoms with E-state index in [1.165, 1.54) is 0 Å². The number of fused-ring (bicyclic) bond motifs is 3. The standard InChI is InChI=1S/C19H24ClN3O2/c1-11(2)7-19(3,22)10-25-15-5-4-12-13-6-17(21)23-8-16(13)24-9-14(12)18(15)20/h4-6,8,11H,7,9-10,22H2,1-3H3,(H2,21,23)/t19-/m0/s1. The van der Waals surface area contributed by atoms with Crippen molar-refractivity contribution in [3.63, 3.8) is 0 Å². The van der Waals surface area contributed by atoms with Crippen LogP contribution >= 0.6 is 11.6 Å². The second-order valence-corrected chi connectivity index (χ2v) is 7.72. The number of nitrogens with zero attached hydrogens (tertiary/aromatic N) is 1. The lowest BCUT2D eigenvalue weighted by molar-refractivity contribution is 0.206. The fourth-order valence-corrected chi connectivity index (χ4v) is 3.55. The van der Waals surface area contributed by atoms with Crippen LogP contribution in [0, 0.1) is 5.92 Å². The molecule has 25 heavy (non-hydrogen) atoms. The van der Waals surface area contributed by atoms with E-state index in [1.54, 1.807) is 12.3 Å². The van der Waals surface area contributed by atoms with Gasteiger partial charge in [0.05, 0.1) is 11.2 Å². The van der Waals surface area contributed by atoms with Gasteiger partial charge in [-0.1, -0.05) is 31.5 Å². The molecule has 2 aromatic rings. The van der Waals surface area contributed by atoms with Gasteiger partial charge >= 0.3 is 0 Å². The van der Waals surface area contributed by atoms with E-state index in [-0.39, 0.29) is 0 Å². The van der Waals surface area contributed by atoms with Gasteiger partial charge in [0.25, 0.3) is 0 Å². The van der Waals surface area contributed by atoms with Crippen molar-refractivity contribution in [2.75, 3.05) is 12.3 Å². The van der Waals surface area contributed by atoms with Crippen LogP contribution in [0.5, 0.6) is 11.5 Å². The molecule has 1 aliphatic heterocycles. The summed E-state index contributed by atoms with van der Waals surface area (Å²) in [6.45, 7) is 7.06. The smallest absolute Gasteiger partial charge is 0.146 e. The maximum absolute atomic E-state index is 6.57. The molecule has 2 heterocycles. The molecule has 0 fully saturated rings. The van der Waals surface area contributed by atoms with Crippen molar-refractivity contribution >= 4 is 17.4 Å². The molecule has 1 atom stereocenters. The monoisotopic (exact) mass is 361 g/mol. The van der Waals surface area contributed by atoms with Gasteiger partial charge in [-0.15, -0.1) is 0 Å². The average Bonchev–Trinajstić information content (AvgIpc) is 2.52. The van der Waals surface area contributed by atoms with Crippen LogP contribution in [0.15, 0.2) is 24.4 Å². The Balaban J connectivity index is 1.86. The predicted molar refractivity (Wildman–Crippen MR) is 101 cm³/mol. The molecule has 3 rings (SSSR count). The molecule has 4 N–H and O–H groups in total. The Labute approximate surface area is 153 Å². The largest absolute Gasteiger partial charge is 0.490 e. The summed E-state index contributed by atoms with van der Waals surface area (Å²) in [5, 5.41) is 0.555. The Morgan fingerprint density at radius 3 is 2.84 bits per heavy atom. The first-order valence-corrected chi connectivity index (χ1v) is 8.76. The summed E-state index contributed by atoms with van der Waals surface area (Å²) in [5.74, 6) is 2.27. The molecule has 6 heteroatoms. The highest BCUT2D eigenvalue weighted by Crippen LogP contribution is 2.43. The van der Waals surface area contributed by atoms with E-state index in [0.29, 0.717) is 41.5 Å². The zero-order valence-electron chi connectivity index (χ0n) is 14.8. The van der Waals surface area contributed by atoms with Crippen molar-refractivity contribution in [1.82, 2.24) is 4.98 Å². The van der Waals surface area contributed by atoms with Crippen molar-refractivity contribution in [3.05, 3.63) is 35.0 Å². The number of rotatable bonds is 5. The highest BCUT2D eigenvalue weighted by Gasteiger charge is 2.25. The minimum atomic E-state index is -0.406. The Morgan fingerprint density at radius 1 is 1.36 bits per heavy atom. The van der Waals surface area contributed by atoms with Crippen molar-refractivity contribution < 1.29 is 9.47 Å². The number of benzene rings is 1. The summed E-state index contributed by atoms with van der Waals surface area (Å²) in [5.41, 5.74) is 14.5. The number of anilines is 1. The van der Waals surface area contributed by atoms with E-state index >= 15 is 0 Å². The van der Waals surface area contributed by atoms with Crippen LogP contribution in [0.25, 0.3) is 11.1 Å². The van der Waals surface area contributed by atoms with Crippen LogP contribution in [0.2, 0.25) is 5.02 Å². The SMILES string of the molecule is CC(C)C[C@](C)(N)COc1ccc2c(c1Cl)COc1cnc(N)cc1-2. The number of nitrogen functional groups attached to an aromatic ring is 1. The molecule has 0 radical (unpaired) electrons. The third-order valence-corrected chi connectivity index (χ3v) is 4.60. The summed E-state index contributed by atoms with van der Waals surface area (Å²) >= 11 is 6.57. The van der Waals surface area contributed by atoms with Gasteiger partial charge in [-0.3, -0.25) is 0 Å². The molecular formula is C19H24ClN3O2. The van der Waals surface area contributed by atoms with Crippen molar-refractivity contribution in [2.45, 2.75) is 39.3 Å². The average molecular weight is 362 g/mol. The van der Waals surface area contributed by atoms with Gasteiger partial charge in [0, 0.05) is 16.7 Å². The normalized spacial score (nSPS) is 15.1. The molecule has 0 saturated carbocycles. The highest BCUT2D eigenvalue weighted by molar-refractivity contribution is 6.33. The molecule has 0 aliphatic carbocycles. The first-order chi connectivity index (χ1) is 11.8. The second-order valence-electron chi connectivity index (χ2n) is 7.34. The minimum absolute atomic E-state index is 0.371. The van der Waals surface area contributed by atoms with Gasteiger partial charge in [0.15, 0.2) is 0 Å². The maximum Gasteiger partial charge on any atom is 0.146 e. The van der Waals surface area contributed by atoms with Crippen molar-refractivity contribution in [3.8, 4) is 22.6 Å². The Kier molecular flexibility index (Phi) is 4.80. The summed E-state index contributed by atoms with van der Waals surface area (Å²) < 4.78 is 11.7. The lowest BCUT2D eigenvalue weighted by Gasteiger charge is -2.28. The van der Waals surface area contributed by atoms with Crippen LogP contribution in [0.3, 0.4) is 0 Å². The molecule has 0 unspecified atom stereocenters. The van der Waals surface area contributed by atoms with Gasteiger partial charge in [0.2, 0.25) is 0 Å². The van der Waals surface area contributed by atoms with Gasteiger partial charge in [-0.05, 0) is 37.0 Å². The molecule has 134 valence electrons. The topological polar surface area (TPSA) is 83.4 Å². The molecule has 5 nitrogen and oxygen atoms in total. The second kappa shape index (κ2) is 6.73. The fraction of sp³-hybridized carbons (Fsp3) is 0.421. The summed E-state index contributed by atoms with van der Waals surface area (Å²) in [4.78, 5) is 4.07. The molecule has 0 saturated heterocycles. The molecule has 1 aromatic heterocycles. The number of ether oxygens (including phenoxy) is 2. The number of hydrogen-bond acceptors (Lipinski definition) is 5. The van der Waals surface area contributed by atoms with E-state index in [4.69, 9.17) is 32.5 Å². The number of pyridine rings is 1. The molecule has 0 amide bonds. The van der Waals surface area contributed by atoms with Crippen LogP contribution in [-0.4, -0.2) is 17.1 Å². The number of aromatic nitrogens is 1. The van der Waals surface area contributed by atoms with E-state index in [9.17, 15) is 0 Å². The Bertz CT molecular complexity index is 790. The summed E-state index contributed by atoms with van der Waals surface area (Å²) in [6.07, 6.45) is 2.51. The molecule has 0 spiro atoms. The van der Waals surface area contributed by atoms with Gasteiger partial charge < -0.3 is 20.9 Å². The lowest BCUT2D eigenvalue weighted by Crippen LogP contribution is -2.43. The molecule has 1 aromatic carbocycles. The van der Waals surface area contributed by atoms with E-state index in [2.05, 4.69) is 18.8 Å². The lowest BCUT2D eigenvalue weighted by atomic mass is 9.93. The van der Waals surface area contributed by atoms with E-state index < -0.39 is 5.54 Å². The zero-order valence-corrected chi connectivity index (χ0v) is 15.6. The third kappa shape index (κ3) is 3.83. The number of hydrogen-bond donors (Lipinski definition) is 2. The molecule has 0 bridgehead atoms. The van der Waals surface area contributed by atoms with Crippen molar-refractivity contribution in [2.24, 2.45) is 11.7 Å². The van der Waals surface area contributed by atoms with Crippen LogP contribution in [-0.2, 0) is 6.61 Å². The molecule has 1 aliphatic rings. The summed E-state index contributed by atoms with van der Waals surface area (Å²) in [6, 6.07) is 5.65. The minimum Gasteiger partial charge on any atom is -0.490 e. The predicted octanol–water partition coefficient (Wildman–Crippen LogP) is 4.02. The quantitative estimate of drug-likeness (QED) is 0.840. The van der Waals surface area contributed by atoms with Gasteiger partial charge in [-0.25, -0.2) is 4.98 Å². The first kappa shape index (κ1) is 17.8. The number of halogens is 1. The fourth-order valence-electron chi connectivity index (χ4n) is 3.27. The van der Waals surface area contributed by atoms with Crippen LogP contribution < -0.4 is 20.9 Å². The number of nitrogens with two attached hydrogens (primary N) is 2. The Morgan fingerprint density at radius 2 is 2.12 bits per heavy atom.